The van der Waals surface area contributed by atoms with Gasteiger partial charge in [0.25, 0.3) is 0 Å². The highest BCUT2D eigenvalue weighted by Gasteiger charge is 2.34. The van der Waals surface area contributed by atoms with Gasteiger partial charge in [0.1, 0.15) is 0 Å². The third-order valence-corrected chi connectivity index (χ3v) is 7.19. The maximum absolute atomic E-state index is 13.1. The molecule has 6 heteroatoms. The summed E-state index contributed by atoms with van der Waals surface area (Å²) in [5, 5.41) is 1.40. The largest absolute Gasteiger partial charge is 0.490 e. The van der Waals surface area contributed by atoms with Crippen LogP contribution in [0.3, 0.4) is 0 Å². The van der Waals surface area contributed by atoms with Crippen LogP contribution < -0.4 is 9.47 Å². The minimum atomic E-state index is 0.0682. The van der Waals surface area contributed by atoms with Crippen LogP contribution in [0, 0.1) is 11.8 Å². The molecule has 1 aliphatic heterocycles. The van der Waals surface area contributed by atoms with Crippen LogP contribution in [0.25, 0.3) is 0 Å². The van der Waals surface area contributed by atoms with E-state index in [-0.39, 0.29) is 11.7 Å². The fourth-order valence-electron chi connectivity index (χ4n) is 4.98. The molecule has 2 aliphatic rings. The first-order chi connectivity index (χ1) is 15.5. The van der Waals surface area contributed by atoms with Gasteiger partial charge in [0.2, 0.25) is 0 Å². The Labute approximate surface area is 200 Å². The van der Waals surface area contributed by atoms with Crippen LogP contribution in [0.4, 0.5) is 0 Å². The Morgan fingerprint density at radius 2 is 1.69 bits per heavy atom. The van der Waals surface area contributed by atoms with Gasteiger partial charge in [0.15, 0.2) is 17.3 Å². The predicted molar refractivity (Wildman–Crippen MR) is 129 cm³/mol. The van der Waals surface area contributed by atoms with Crippen molar-refractivity contribution in [1.29, 1.82) is 0 Å². The van der Waals surface area contributed by atoms with E-state index in [9.17, 15) is 4.79 Å². The van der Waals surface area contributed by atoms with Crippen molar-refractivity contribution in [3.05, 3.63) is 57.1 Å². The van der Waals surface area contributed by atoms with Crippen LogP contribution >= 0.6 is 23.2 Å². The molecule has 1 atom stereocenters. The van der Waals surface area contributed by atoms with Crippen molar-refractivity contribution in [2.45, 2.75) is 46.1 Å². The highest BCUT2D eigenvalue weighted by atomic mass is 35.5. The van der Waals surface area contributed by atoms with E-state index in [0.29, 0.717) is 29.9 Å². The number of fused-ring (bicyclic) bond motifs is 1. The predicted octanol–water partition coefficient (Wildman–Crippen LogP) is 6.45. The number of halogens is 2. The third-order valence-electron chi connectivity index (χ3n) is 6.61. The highest BCUT2D eigenvalue weighted by Crippen LogP contribution is 2.40. The summed E-state index contributed by atoms with van der Waals surface area (Å²) in [4.78, 5) is 15.6. The molecule has 2 aromatic rings. The number of ketones is 1. The molecule has 0 spiro atoms. The summed E-state index contributed by atoms with van der Waals surface area (Å²) in [6, 6.07) is 9.62. The fourth-order valence-corrected chi connectivity index (χ4v) is 5.45. The summed E-state index contributed by atoms with van der Waals surface area (Å²) < 4.78 is 11.5. The second-order valence-corrected chi connectivity index (χ2v) is 9.62. The normalized spacial score (nSPS) is 19.2. The summed E-state index contributed by atoms with van der Waals surface area (Å²) in [6.45, 7) is 7.94. The molecule has 0 saturated carbocycles. The molecule has 1 saturated heterocycles. The minimum Gasteiger partial charge on any atom is -0.490 e. The van der Waals surface area contributed by atoms with Crippen molar-refractivity contribution >= 4 is 29.0 Å². The SMILES string of the molecule is CCOc1cc2c(cc1OCC)C(=O)C(CC1CCN(Cc3ccc(Cl)cc3Cl)CC1)C2. The molecule has 1 fully saturated rings. The van der Waals surface area contributed by atoms with Crippen molar-refractivity contribution in [2.75, 3.05) is 26.3 Å². The maximum Gasteiger partial charge on any atom is 0.166 e. The number of hydrogen-bond donors (Lipinski definition) is 0. The van der Waals surface area contributed by atoms with Crippen molar-refractivity contribution in [3.8, 4) is 11.5 Å². The lowest BCUT2D eigenvalue weighted by Crippen LogP contribution is -2.34. The highest BCUT2D eigenvalue weighted by molar-refractivity contribution is 6.35. The summed E-state index contributed by atoms with van der Waals surface area (Å²) in [6.07, 6.45) is 3.98. The molecule has 32 heavy (non-hydrogen) atoms. The van der Waals surface area contributed by atoms with Crippen molar-refractivity contribution in [1.82, 2.24) is 4.90 Å². The van der Waals surface area contributed by atoms with Crippen LogP contribution in [-0.2, 0) is 13.0 Å². The molecule has 1 aliphatic carbocycles. The lowest BCUT2D eigenvalue weighted by molar-refractivity contribution is 0.0895. The van der Waals surface area contributed by atoms with Gasteiger partial charge in [0, 0.05) is 28.1 Å². The number of carbonyl (C=O) groups is 1. The van der Waals surface area contributed by atoms with Crippen molar-refractivity contribution < 1.29 is 14.3 Å². The quantitative estimate of drug-likeness (QED) is 0.439. The summed E-state index contributed by atoms with van der Waals surface area (Å²) >= 11 is 12.4. The zero-order valence-corrected chi connectivity index (χ0v) is 20.3. The molecule has 1 heterocycles. The Hall–Kier alpha value is -1.75. The van der Waals surface area contributed by atoms with E-state index < -0.39 is 0 Å². The van der Waals surface area contributed by atoms with Gasteiger partial charge in [-0.05, 0) is 93.9 Å². The number of benzene rings is 2. The molecule has 0 radical (unpaired) electrons. The van der Waals surface area contributed by atoms with Crippen LogP contribution in [0.1, 0.15) is 54.6 Å². The fraction of sp³-hybridized carbons (Fsp3) is 0.500. The second kappa shape index (κ2) is 10.5. The number of piperidine rings is 1. The maximum atomic E-state index is 13.1. The molecule has 2 aromatic carbocycles. The zero-order valence-electron chi connectivity index (χ0n) is 18.8. The van der Waals surface area contributed by atoms with Gasteiger partial charge in [-0.15, -0.1) is 0 Å². The third kappa shape index (κ3) is 5.24. The van der Waals surface area contributed by atoms with Crippen LogP contribution in [0.5, 0.6) is 11.5 Å². The molecule has 0 N–H and O–H groups in total. The monoisotopic (exact) mass is 475 g/mol. The smallest absolute Gasteiger partial charge is 0.166 e. The number of Topliss-reactive ketones (excluding diaryl/α,β-unsaturated/α-hetero) is 1. The number of hydrogen-bond acceptors (Lipinski definition) is 4. The van der Waals surface area contributed by atoms with Crippen molar-refractivity contribution in [3.63, 3.8) is 0 Å². The Bertz CT molecular complexity index is 970. The molecule has 1 unspecified atom stereocenters. The van der Waals surface area contributed by atoms with E-state index in [1.54, 1.807) is 0 Å². The van der Waals surface area contributed by atoms with Gasteiger partial charge in [-0.2, -0.15) is 0 Å². The van der Waals surface area contributed by atoms with E-state index in [2.05, 4.69) is 4.90 Å². The van der Waals surface area contributed by atoms with Gasteiger partial charge in [-0.25, -0.2) is 0 Å². The Morgan fingerprint density at radius 3 is 2.34 bits per heavy atom. The number of ether oxygens (including phenoxy) is 2. The second-order valence-electron chi connectivity index (χ2n) is 8.78. The molecule has 172 valence electrons. The zero-order chi connectivity index (χ0) is 22.7. The number of nitrogens with zero attached hydrogens (tertiary/aromatic N) is 1. The van der Waals surface area contributed by atoms with Gasteiger partial charge in [-0.3, -0.25) is 9.69 Å². The first-order valence-electron chi connectivity index (χ1n) is 11.6. The average molecular weight is 476 g/mol. The molecule has 0 aromatic heterocycles. The van der Waals surface area contributed by atoms with Crippen molar-refractivity contribution in [2.24, 2.45) is 11.8 Å². The van der Waals surface area contributed by atoms with E-state index in [1.165, 1.54) is 0 Å². The standard InChI is InChI=1S/C26H31Cl2NO3/c1-3-31-24-13-19-12-20(26(30)22(19)15-25(24)32-4-2)11-17-7-9-29(10-8-17)16-18-5-6-21(27)14-23(18)28/h5-6,13-15,17,20H,3-4,7-12,16H2,1-2H3. The Kier molecular flexibility index (Phi) is 7.65. The lowest BCUT2D eigenvalue weighted by atomic mass is 9.85. The first-order valence-corrected chi connectivity index (χ1v) is 12.4. The Balaban J connectivity index is 1.34. The van der Waals surface area contributed by atoms with E-state index in [1.807, 2.05) is 44.2 Å². The first kappa shape index (κ1) is 23.4. The average Bonchev–Trinajstić information content (AvgIpc) is 3.06. The number of likely N-dealkylation sites (tertiary alicyclic amines) is 1. The number of carbonyl (C=O) groups excluding carboxylic acids is 1. The van der Waals surface area contributed by atoms with Gasteiger partial charge in [-0.1, -0.05) is 29.3 Å². The lowest BCUT2D eigenvalue weighted by Gasteiger charge is -2.33. The molecular formula is C26H31Cl2NO3. The number of rotatable bonds is 8. The molecule has 0 amide bonds. The van der Waals surface area contributed by atoms with Gasteiger partial charge < -0.3 is 9.47 Å². The topological polar surface area (TPSA) is 38.8 Å². The van der Waals surface area contributed by atoms with Crippen LogP contribution in [-0.4, -0.2) is 37.0 Å². The molecular weight excluding hydrogens is 445 g/mol. The summed E-state index contributed by atoms with van der Waals surface area (Å²) in [7, 11) is 0. The summed E-state index contributed by atoms with van der Waals surface area (Å²) in [5.41, 5.74) is 3.03. The van der Waals surface area contributed by atoms with Gasteiger partial charge in [0.05, 0.1) is 13.2 Å². The molecule has 4 nitrogen and oxygen atoms in total. The minimum absolute atomic E-state index is 0.0682. The van der Waals surface area contributed by atoms with E-state index in [4.69, 9.17) is 32.7 Å². The van der Waals surface area contributed by atoms with Gasteiger partial charge >= 0.3 is 0 Å². The Morgan fingerprint density at radius 1 is 1.00 bits per heavy atom. The van der Waals surface area contributed by atoms with E-state index >= 15 is 0 Å². The van der Waals surface area contributed by atoms with Crippen LogP contribution in [0.2, 0.25) is 10.0 Å². The molecule has 4 rings (SSSR count). The summed E-state index contributed by atoms with van der Waals surface area (Å²) in [5.74, 6) is 2.33. The van der Waals surface area contributed by atoms with E-state index in [0.717, 1.165) is 72.8 Å². The molecule has 0 bridgehead atoms. The van der Waals surface area contributed by atoms with Crippen LogP contribution in [0.15, 0.2) is 30.3 Å².